The molecule has 0 saturated heterocycles. The smallest absolute Gasteiger partial charge is 0.163 e. The van der Waals surface area contributed by atoms with Crippen LogP contribution in [0.15, 0.2) is 30.3 Å². The highest BCUT2D eigenvalue weighted by Gasteiger charge is 2.13. The first kappa shape index (κ1) is 23.1. The van der Waals surface area contributed by atoms with E-state index >= 15 is 0 Å². The van der Waals surface area contributed by atoms with Gasteiger partial charge in [-0.15, -0.1) is 0 Å². The van der Waals surface area contributed by atoms with Crippen molar-refractivity contribution in [3.63, 3.8) is 0 Å². The molecule has 0 atom stereocenters. The molecule has 0 aliphatic carbocycles. The fourth-order valence-electron chi connectivity index (χ4n) is 2.68. The SMILES string of the molecule is CCOc1cc(CNCCCCCO)c(Cl)cc1OCc1c(Cl)cccc1Cl. The van der Waals surface area contributed by atoms with Gasteiger partial charge in [0, 0.05) is 39.8 Å². The Morgan fingerprint density at radius 2 is 1.64 bits per heavy atom. The van der Waals surface area contributed by atoms with Gasteiger partial charge in [0.25, 0.3) is 0 Å². The number of rotatable bonds is 12. The third kappa shape index (κ3) is 7.02. The molecule has 0 aromatic heterocycles. The standard InChI is InChI=1S/C21H26Cl3NO3/c1-2-27-20-11-15(13-25-9-4-3-5-10-26)19(24)12-21(20)28-14-16-17(22)7-6-8-18(16)23/h6-8,11-12,25-26H,2-5,9-10,13-14H2,1H3. The second-order valence-electron chi connectivity index (χ2n) is 6.27. The zero-order valence-corrected chi connectivity index (χ0v) is 18.2. The predicted molar refractivity (Wildman–Crippen MR) is 116 cm³/mol. The van der Waals surface area contributed by atoms with Gasteiger partial charge in [0.2, 0.25) is 0 Å². The molecule has 0 fully saturated rings. The number of hydrogen-bond donors (Lipinski definition) is 2. The van der Waals surface area contributed by atoms with Gasteiger partial charge in [-0.05, 0) is 56.5 Å². The van der Waals surface area contributed by atoms with Crippen LogP contribution >= 0.6 is 34.8 Å². The molecule has 2 N–H and O–H groups in total. The number of hydrogen-bond acceptors (Lipinski definition) is 4. The summed E-state index contributed by atoms with van der Waals surface area (Å²) in [6.07, 6.45) is 2.84. The van der Waals surface area contributed by atoms with Gasteiger partial charge in [0.1, 0.15) is 6.61 Å². The molecule has 7 heteroatoms. The van der Waals surface area contributed by atoms with Gasteiger partial charge in [0.05, 0.1) is 6.61 Å². The topological polar surface area (TPSA) is 50.7 Å². The molecule has 4 nitrogen and oxygen atoms in total. The minimum Gasteiger partial charge on any atom is -0.490 e. The first-order valence-electron chi connectivity index (χ1n) is 9.39. The van der Waals surface area contributed by atoms with Crippen LogP contribution in [0.25, 0.3) is 0 Å². The normalized spacial score (nSPS) is 10.9. The van der Waals surface area contributed by atoms with Gasteiger partial charge in [0.15, 0.2) is 11.5 Å². The van der Waals surface area contributed by atoms with E-state index < -0.39 is 0 Å². The van der Waals surface area contributed by atoms with Crippen molar-refractivity contribution < 1.29 is 14.6 Å². The minimum absolute atomic E-state index is 0.220. The maximum Gasteiger partial charge on any atom is 0.163 e. The van der Waals surface area contributed by atoms with E-state index in [2.05, 4.69) is 5.32 Å². The molecule has 154 valence electrons. The van der Waals surface area contributed by atoms with Crippen molar-refractivity contribution >= 4 is 34.8 Å². The summed E-state index contributed by atoms with van der Waals surface area (Å²) in [4.78, 5) is 0. The van der Waals surface area contributed by atoms with Gasteiger partial charge in [-0.2, -0.15) is 0 Å². The average molecular weight is 447 g/mol. The first-order valence-corrected chi connectivity index (χ1v) is 10.5. The summed E-state index contributed by atoms with van der Waals surface area (Å²) >= 11 is 18.9. The number of benzene rings is 2. The summed E-state index contributed by atoms with van der Waals surface area (Å²) in [5, 5.41) is 13.9. The van der Waals surface area contributed by atoms with Crippen LogP contribution in [0.2, 0.25) is 15.1 Å². The van der Waals surface area contributed by atoms with Gasteiger partial charge < -0.3 is 19.9 Å². The van der Waals surface area contributed by atoms with Gasteiger partial charge in [-0.3, -0.25) is 0 Å². The number of nitrogens with one attached hydrogen (secondary N) is 1. The van der Waals surface area contributed by atoms with Crippen molar-refractivity contribution in [2.75, 3.05) is 19.8 Å². The Morgan fingerprint density at radius 1 is 0.929 bits per heavy atom. The number of aliphatic hydroxyl groups is 1. The highest BCUT2D eigenvalue weighted by atomic mass is 35.5. The second-order valence-corrected chi connectivity index (χ2v) is 7.49. The maximum absolute atomic E-state index is 8.81. The Bertz CT molecular complexity index is 736. The van der Waals surface area contributed by atoms with Crippen LogP contribution in [0.1, 0.15) is 37.3 Å². The molecular weight excluding hydrogens is 421 g/mol. The van der Waals surface area contributed by atoms with Crippen molar-refractivity contribution in [1.82, 2.24) is 5.32 Å². The maximum atomic E-state index is 8.81. The lowest BCUT2D eigenvalue weighted by Gasteiger charge is -2.16. The molecule has 0 aliphatic heterocycles. The zero-order chi connectivity index (χ0) is 20.4. The van der Waals surface area contributed by atoms with Crippen LogP contribution in [-0.4, -0.2) is 24.9 Å². The van der Waals surface area contributed by atoms with E-state index in [1.165, 1.54) is 0 Å². The van der Waals surface area contributed by atoms with Crippen LogP contribution in [0.3, 0.4) is 0 Å². The molecule has 0 unspecified atom stereocenters. The van der Waals surface area contributed by atoms with Crippen molar-refractivity contribution in [3.05, 3.63) is 56.5 Å². The van der Waals surface area contributed by atoms with E-state index in [-0.39, 0.29) is 13.2 Å². The quantitative estimate of drug-likeness (QED) is 0.400. The molecule has 0 spiro atoms. The van der Waals surface area contributed by atoms with Crippen molar-refractivity contribution in [2.24, 2.45) is 0 Å². The van der Waals surface area contributed by atoms with Crippen LogP contribution in [0, 0.1) is 0 Å². The van der Waals surface area contributed by atoms with E-state index in [0.717, 1.165) is 36.9 Å². The molecule has 2 rings (SSSR count). The monoisotopic (exact) mass is 445 g/mol. The first-order chi connectivity index (χ1) is 13.6. The molecule has 0 radical (unpaired) electrons. The lowest BCUT2D eigenvalue weighted by atomic mass is 10.2. The summed E-state index contributed by atoms with van der Waals surface area (Å²) < 4.78 is 11.7. The molecule has 2 aromatic carbocycles. The molecule has 0 bridgehead atoms. The fourth-order valence-corrected chi connectivity index (χ4v) is 3.40. The molecule has 0 saturated carbocycles. The van der Waals surface area contributed by atoms with Gasteiger partial charge >= 0.3 is 0 Å². The summed E-state index contributed by atoms with van der Waals surface area (Å²) in [6, 6.07) is 9.01. The number of aliphatic hydroxyl groups excluding tert-OH is 1. The van der Waals surface area contributed by atoms with E-state index in [1.807, 2.05) is 13.0 Å². The minimum atomic E-state index is 0.220. The summed E-state index contributed by atoms with van der Waals surface area (Å²) in [5.41, 5.74) is 1.66. The Balaban J connectivity index is 2.05. The Hall–Kier alpha value is -1.17. The largest absolute Gasteiger partial charge is 0.490 e. The van der Waals surface area contributed by atoms with Gasteiger partial charge in [-0.1, -0.05) is 40.9 Å². The Labute approximate surface area is 181 Å². The Kier molecular flexibility index (Phi) is 10.2. The fraction of sp³-hybridized carbons (Fsp3) is 0.429. The van der Waals surface area contributed by atoms with E-state index in [1.54, 1.807) is 24.3 Å². The molecule has 0 aliphatic rings. The molecule has 0 heterocycles. The predicted octanol–water partition coefficient (Wildman–Crippen LogP) is 5.88. The zero-order valence-electron chi connectivity index (χ0n) is 15.9. The van der Waals surface area contributed by atoms with Crippen LogP contribution in [0.5, 0.6) is 11.5 Å². The van der Waals surface area contributed by atoms with E-state index in [9.17, 15) is 0 Å². The van der Waals surface area contributed by atoms with Crippen LogP contribution < -0.4 is 14.8 Å². The molecule has 0 amide bonds. The number of ether oxygens (including phenoxy) is 2. The van der Waals surface area contributed by atoms with E-state index in [4.69, 9.17) is 49.4 Å². The third-order valence-corrected chi connectivity index (χ3v) is 5.23. The summed E-state index contributed by atoms with van der Waals surface area (Å²) in [5.74, 6) is 1.18. The highest BCUT2D eigenvalue weighted by Crippen LogP contribution is 2.35. The van der Waals surface area contributed by atoms with Gasteiger partial charge in [-0.25, -0.2) is 0 Å². The molecule has 2 aromatic rings. The lowest BCUT2D eigenvalue weighted by molar-refractivity contribution is 0.269. The second kappa shape index (κ2) is 12.4. The third-order valence-electron chi connectivity index (χ3n) is 4.17. The molecular formula is C21H26Cl3NO3. The van der Waals surface area contributed by atoms with Crippen molar-refractivity contribution in [2.45, 2.75) is 39.3 Å². The number of unbranched alkanes of at least 4 members (excludes halogenated alkanes) is 2. The van der Waals surface area contributed by atoms with E-state index in [0.29, 0.717) is 39.7 Å². The van der Waals surface area contributed by atoms with Crippen molar-refractivity contribution in [1.29, 1.82) is 0 Å². The van der Waals surface area contributed by atoms with Crippen LogP contribution in [-0.2, 0) is 13.2 Å². The molecule has 28 heavy (non-hydrogen) atoms. The lowest BCUT2D eigenvalue weighted by Crippen LogP contribution is -2.15. The number of halogens is 3. The highest BCUT2D eigenvalue weighted by molar-refractivity contribution is 6.36. The van der Waals surface area contributed by atoms with Crippen molar-refractivity contribution in [3.8, 4) is 11.5 Å². The summed E-state index contributed by atoms with van der Waals surface area (Å²) in [6.45, 7) is 4.39. The van der Waals surface area contributed by atoms with Crippen LogP contribution in [0.4, 0.5) is 0 Å². The summed E-state index contributed by atoms with van der Waals surface area (Å²) in [7, 11) is 0. The Morgan fingerprint density at radius 3 is 2.32 bits per heavy atom. The average Bonchev–Trinajstić information content (AvgIpc) is 2.67.